The largest absolute Gasteiger partial charge is 0.481 e. The Kier molecular flexibility index (Phi) is 5.77. The summed E-state index contributed by atoms with van der Waals surface area (Å²) in [5, 5.41) is 17.7. The van der Waals surface area contributed by atoms with Gasteiger partial charge in [-0.15, -0.1) is 10.2 Å². The van der Waals surface area contributed by atoms with Crippen LogP contribution in [0, 0.1) is 0 Å². The van der Waals surface area contributed by atoms with Crippen molar-refractivity contribution in [1.29, 1.82) is 0 Å². The molecular formula is C14H17N3O3S. The second-order valence-electron chi connectivity index (χ2n) is 4.35. The summed E-state index contributed by atoms with van der Waals surface area (Å²) in [6.45, 7) is 1.32. The van der Waals surface area contributed by atoms with Crippen LogP contribution in [0.5, 0.6) is 0 Å². The predicted octanol–water partition coefficient (Wildman–Crippen LogP) is 2.16. The van der Waals surface area contributed by atoms with Gasteiger partial charge < -0.3 is 14.4 Å². The molecule has 0 amide bonds. The van der Waals surface area contributed by atoms with Gasteiger partial charge in [-0.05, 0) is 6.42 Å². The van der Waals surface area contributed by atoms with Crippen molar-refractivity contribution in [2.75, 3.05) is 19.5 Å². The molecule has 0 bridgehead atoms. The highest BCUT2D eigenvalue weighted by Crippen LogP contribution is 2.24. The molecule has 0 aliphatic heterocycles. The minimum absolute atomic E-state index is 0.0306. The van der Waals surface area contributed by atoms with E-state index in [1.54, 1.807) is 7.11 Å². The molecule has 0 fully saturated rings. The number of hydrogen-bond donors (Lipinski definition) is 1. The van der Waals surface area contributed by atoms with E-state index < -0.39 is 5.97 Å². The lowest BCUT2D eigenvalue weighted by Crippen LogP contribution is -2.07. The van der Waals surface area contributed by atoms with Crippen molar-refractivity contribution in [2.45, 2.75) is 18.1 Å². The van der Waals surface area contributed by atoms with Crippen molar-refractivity contribution < 1.29 is 14.6 Å². The van der Waals surface area contributed by atoms with E-state index in [4.69, 9.17) is 9.84 Å². The molecule has 0 atom stereocenters. The number of nitrogens with zero attached hydrogens (tertiary/aromatic N) is 3. The third-order valence-corrected chi connectivity index (χ3v) is 3.76. The van der Waals surface area contributed by atoms with Crippen molar-refractivity contribution in [3.63, 3.8) is 0 Å². The topological polar surface area (TPSA) is 77.2 Å². The molecule has 7 heteroatoms. The Balaban J connectivity index is 2.24. The second-order valence-corrected chi connectivity index (χ2v) is 5.30. The molecule has 0 aliphatic carbocycles. The normalized spacial score (nSPS) is 10.7. The van der Waals surface area contributed by atoms with Gasteiger partial charge in [-0.1, -0.05) is 42.1 Å². The molecule has 0 radical (unpaired) electrons. The van der Waals surface area contributed by atoms with Crippen molar-refractivity contribution in [3.8, 4) is 11.4 Å². The van der Waals surface area contributed by atoms with Gasteiger partial charge in [0.2, 0.25) is 0 Å². The van der Waals surface area contributed by atoms with E-state index in [1.165, 1.54) is 11.8 Å². The number of aliphatic carboxylic acids is 1. The number of methoxy groups -OCH3 is 1. The molecule has 2 rings (SSSR count). The van der Waals surface area contributed by atoms with E-state index >= 15 is 0 Å². The summed E-state index contributed by atoms with van der Waals surface area (Å²) < 4.78 is 7.02. The van der Waals surface area contributed by atoms with Crippen LogP contribution in [-0.4, -0.2) is 45.3 Å². The summed E-state index contributed by atoms with van der Waals surface area (Å²) in [5.74, 6) is -0.149. The number of ether oxygens (including phenoxy) is 1. The fourth-order valence-electron chi connectivity index (χ4n) is 1.89. The van der Waals surface area contributed by atoms with Crippen molar-refractivity contribution in [2.24, 2.45) is 0 Å². The van der Waals surface area contributed by atoms with E-state index in [9.17, 15) is 4.79 Å². The average Bonchev–Trinajstić information content (AvgIpc) is 2.89. The fourth-order valence-corrected chi connectivity index (χ4v) is 2.58. The van der Waals surface area contributed by atoms with Gasteiger partial charge in [-0.2, -0.15) is 0 Å². The quantitative estimate of drug-likeness (QED) is 0.595. The zero-order valence-corrected chi connectivity index (χ0v) is 12.5. The van der Waals surface area contributed by atoms with E-state index in [0.29, 0.717) is 18.3 Å². The first kappa shape index (κ1) is 15.5. The first-order valence-electron chi connectivity index (χ1n) is 6.54. The number of carboxylic acids is 1. The Bertz CT molecular complexity index is 586. The summed E-state index contributed by atoms with van der Waals surface area (Å²) in [5.41, 5.74) is 0.963. The maximum atomic E-state index is 10.7. The maximum absolute atomic E-state index is 10.7. The predicted molar refractivity (Wildman–Crippen MR) is 80.3 cm³/mol. The first-order valence-corrected chi connectivity index (χ1v) is 7.53. The lowest BCUT2D eigenvalue weighted by Gasteiger charge is -2.09. The molecule has 0 spiro atoms. The minimum Gasteiger partial charge on any atom is -0.481 e. The van der Waals surface area contributed by atoms with Crippen LogP contribution in [0.25, 0.3) is 11.4 Å². The second kappa shape index (κ2) is 7.80. The molecule has 112 valence electrons. The van der Waals surface area contributed by atoms with Gasteiger partial charge >= 0.3 is 5.97 Å². The molecule has 0 saturated heterocycles. The zero-order valence-electron chi connectivity index (χ0n) is 11.7. The smallest absolute Gasteiger partial charge is 0.313 e. The van der Waals surface area contributed by atoms with Gasteiger partial charge in [0, 0.05) is 25.8 Å². The molecule has 1 heterocycles. The van der Waals surface area contributed by atoms with Crippen molar-refractivity contribution >= 4 is 17.7 Å². The molecule has 0 unspecified atom stereocenters. The molecule has 0 aliphatic rings. The van der Waals surface area contributed by atoms with Gasteiger partial charge in [-0.25, -0.2) is 0 Å². The number of carboxylic acid groups (broad SMARTS) is 1. The molecule has 0 saturated carbocycles. The summed E-state index contributed by atoms with van der Waals surface area (Å²) in [6, 6.07) is 9.74. The summed E-state index contributed by atoms with van der Waals surface area (Å²) >= 11 is 1.18. The third-order valence-electron chi connectivity index (χ3n) is 2.80. The Labute approximate surface area is 127 Å². The van der Waals surface area contributed by atoms with Crippen LogP contribution in [0.2, 0.25) is 0 Å². The number of benzene rings is 1. The molecule has 2 aromatic rings. The summed E-state index contributed by atoms with van der Waals surface area (Å²) in [6.07, 6.45) is 0.814. The Morgan fingerprint density at radius 1 is 1.33 bits per heavy atom. The Morgan fingerprint density at radius 2 is 2.10 bits per heavy atom. The van der Waals surface area contributed by atoms with Crippen LogP contribution in [0.1, 0.15) is 6.42 Å². The van der Waals surface area contributed by atoms with Crippen LogP contribution in [-0.2, 0) is 16.1 Å². The van der Waals surface area contributed by atoms with E-state index in [2.05, 4.69) is 10.2 Å². The van der Waals surface area contributed by atoms with Crippen molar-refractivity contribution in [1.82, 2.24) is 14.8 Å². The van der Waals surface area contributed by atoms with E-state index in [1.807, 2.05) is 34.9 Å². The first-order chi connectivity index (χ1) is 10.2. The number of thioether (sulfide) groups is 1. The van der Waals surface area contributed by atoms with Crippen LogP contribution in [0.3, 0.4) is 0 Å². The van der Waals surface area contributed by atoms with Crippen molar-refractivity contribution in [3.05, 3.63) is 30.3 Å². The molecule has 6 nitrogen and oxygen atoms in total. The fraction of sp³-hybridized carbons (Fsp3) is 0.357. The Morgan fingerprint density at radius 3 is 2.76 bits per heavy atom. The van der Waals surface area contributed by atoms with Gasteiger partial charge in [-0.3, -0.25) is 4.79 Å². The number of carbonyl (C=O) groups is 1. The lowest BCUT2D eigenvalue weighted by atomic mass is 10.2. The van der Waals surface area contributed by atoms with Crippen LogP contribution in [0.15, 0.2) is 35.5 Å². The molecular weight excluding hydrogens is 290 g/mol. The highest BCUT2D eigenvalue weighted by molar-refractivity contribution is 7.99. The van der Waals surface area contributed by atoms with Gasteiger partial charge in [0.05, 0.1) is 5.75 Å². The molecule has 1 aromatic heterocycles. The zero-order chi connectivity index (χ0) is 15.1. The van der Waals surface area contributed by atoms with E-state index in [-0.39, 0.29) is 5.75 Å². The number of hydrogen-bond acceptors (Lipinski definition) is 5. The summed E-state index contributed by atoms with van der Waals surface area (Å²) in [4.78, 5) is 10.7. The van der Waals surface area contributed by atoms with Crippen LogP contribution < -0.4 is 0 Å². The average molecular weight is 307 g/mol. The highest BCUT2D eigenvalue weighted by atomic mass is 32.2. The monoisotopic (exact) mass is 307 g/mol. The van der Waals surface area contributed by atoms with Gasteiger partial charge in [0.1, 0.15) is 0 Å². The third kappa shape index (κ3) is 4.30. The van der Waals surface area contributed by atoms with E-state index in [0.717, 1.165) is 17.8 Å². The minimum atomic E-state index is -0.868. The number of aromatic nitrogens is 3. The van der Waals surface area contributed by atoms with Crippen LogP contribution >= 0.6 is 11.8 Å². The molecule has 1 aromatic carbocycles. The molecule has 1 N–H and O–H groups in total. The van der Waals surface area contributed by atoms with Gasteiger partial charge in [0.25, 0.3) is 0 Å². The number of rotatable bonds is 8. The Hall–Kier alpha value is -1.86. The SMILES string of the molecule is COCCCn1c(SCC(=O)O)nnc1-c1ccccc1. The van der Waals surface area contributed by atoms with Gasteiger partial charge in [0.15, 0.2) is 11.0 Å². The molecule has 21 heavy (non-hydrogen) atoms. The van der Waals surface area contributed by atoms with Crippen LogP contribution in [0.4, 0.5) is 0 Å². The summed E-state index contributed by atoms with van der Waals surface area (Å²) in [7, 11) is 1.66. The standard InChI is InChI=1S/C14H17N3O3S/c1-20-9-5-8-17-13(11-6-3-2-4-7-11)15-16-14(17)21-10-12(18)19/h2-4,6-7H,5,8-10H2,1H3,(H,18,19). The lowest BCUT2D eigenvalue weighted by molar-refractivity contribution is -0.133. The highest BCUT2D eigenvalue weighted by Gasteiger charge is 2.14. The maximum Gasteiger partial charge on any atom is 0.313 e.